The molecule has 1 N–H and O–H groups in total. The van der Waals surface area contributed by atoms with Crippen LogP contribution in [0.5, 0.6) is 0 Å². The summed E-state index contributed by atoms with van der Waals surface area (Å²) in [6, 6.07) is 2.87. The summed E-state index contributed by atoms with van der Waals surface area (Å²) < 4.78 is 28.3. The van der Waals surface area contributed by atoms with E-state index in [2.05, 4.69) is 29.4 Å². The highest BCUT2D eigenvalue weighted by atomic mass is 19.1. The molecule has 128 valence electrons. The van der Waals surface area contributed by atoms with E-state index in [0.29, 0.717) is 19.0 Å². The van der Waals surface area contributed by atoms with Gasteiger partial charge in [-0.25, -0.2) is 13.6 Å². The number of aromatic nitrogens is 3. The monoisotopic (exact) mass is 335 g/mol. The Labute approximate surface area is 138 Å². The van der Waals surface area contributed by atoms with E-state index in [4.69, 9.17) is 0 Å². The summed E-state index contributed by atoms with van der Waals surface area (Å²) in [5.41, 5.74) is 0.112. The molecule has 0 spiro atoms. The molecule has 0 aliphatic carbocycles. The van der Waals surface area contributed by atoms with Crippen molar-refractivity contribution in [2.45, 2.75) is 26.3 Å². The van der Waals surface area contributed by atoms with Crippen molar-refractivity contribution in [2.24, 2.45) is 5.92 Å². The molecule has 3 rings (SSSR count). The van der Waals surface area contributed by atoms with Gasteiger partial charge in [0.1, 0.15) is 23.8 Å². The van der Waals surface area contributed by atoms with Gasteiger partial charge in [-0.15, -0.1) is 10.2 Å². The average molecular weight is 335 g/mol. The first-order chi connectivity index (χ1) is 11.4. The van der Waals surface area contributed by atoms with E-state index in [1.54, 1.807) is 11.2 Å². The Morgan fingerprint density at radius 3 is 2.58 bits per heavy atom. The molecule has 1 saturated heterocycles. The maximum Gasteiger partial charge on any atom is 0.321 e. The van der Waals surface area contributed by atoms with Gasteiger partial charge < -0.3 is 14.8 Å². The summed E-state index contributed by atoms with van der Waals surface area (Å²) in [7, 11) is 0. The second-order valence-electron chi connectivity index (χ2n) is 6.31. The molecule has 1 aromatic heterocycles. The smallest absolute Gasteiger partial charge is 0.321 e. The summed E-state index contributed by atoms with van der Waals surface area (Å²) in [5, 5.41) is 10.6. The molecule has 0 unspecified atom stereocenters. The van der Waals surface area contributed by atoms with E-state index in [-0.39, 0.29) is 17.8 Å². The summed E-state index contributed by atoms with van der Waals surface area (Å²) in [4.78, 5) is 13.7. The number of hydrogen-bond acceptors (Lipinski definition) is 3. The molecular weight excluding hydrogens is 316 g/mol. The van der Waals surface area contributed by atoms with Crippen molar-refractivity contribution >= 4 is 11.7 Å². The molecule has 2 heterocycles. The highest BCUT2D eigenvalue weighted by molar-refractivity contribution is 5.89. The van der Waals surface area contributed by atoms with Crippen LogP contribution in [0.15, 0.2) is 24.5 Å². The maximum absolute atomic E-state index is 13.1. The minimum atomic E-state index is -0.722. The molecule has 2 aromatic rings. The van der Waals surface area contributed by atoms with Crippen LogP contribution in [0.3, 0.4) is 0 Å². The normalized spacial score (nSPS) is 14.8. The van der Waals surface area contributed by atoms with Crippen molar-refractivity contribution < 1.29 is 13.6 Å². The van der Waals surface area contributed by atoms with Crippen molar-refractivity contribution in [2.75, 3.05) is 18.4 Å². The Morgan fingerprint density at radius 2 is 1.96 bits per heavy atom. The molecule has 6 nitrogen and oxygen atoms in total. The number of benzene rings is 1. The zero-order valence-corrected chi connectivity index (χ0v) is 13.5. The summed E-state index contributed by atoms with van der Waals surface area (Å²) in [6.45, 7) is 5.28. The van der Waals surface area contributed by atoms with Crippen LogP contribution in [0.2, 0.25) is 0 Å². The summed E-state index contributed by atoms with van der Waals surface area (Å²) in [5.74, 6) is -0.233. The van der Waals surface area contributed by atoms with Gasteiger partial charge in [-0.3, -0.25) is 0 Å². The Kier molecular flexibility index (Phi) is 4.46. The molecule has 0 saturated carbocycles. The number of hydrogen-bond donors (Lipinski definition) is 1. The van der Waals surface area contributed by atoms with Gasteiger partial charge in [-0.05, 0) is 26.0 Å². The quantitative estimate of drug-likeness (QED) is 0.934. The van der Waals surface area contributed by atoms with Crippen LogP contribution in [-0.4, -0.2) is 38.8 Å². The Hall–Kier alpha value is -2.51. The number of nitrogens with zero attached hydrogens (tertiary/aromatic N) is 4. The number of likely N-dealkylation sites (tertiary alicyclic amines) is 1. The highest BCUT2D eigenvalue weighted by Gasteiger charge is 2.32. The third-order valence-electron chi connectivity index (χ3n) is 4.03. The van der Waals surface area contributed by atoms with E-state index in [0.717, 1.165) is 30.4 Å². The predicted molar refractivity (Wildman–Crippen MR) is 84.6 cm³/mol. The first kappa shape index (κ1) is 16.4. The SMILES string of the molecule is CC(C)n1cnnc1CC1CN(C(=O)Nc2cc(F)cc(F)c2)C1. The first-order valence-electron chi connectivity index (χ1n) is 7.83. The number of rotatable bonds is 4. The van der Waals surface area contributed by atoms with Crippen molar-refractivity contribution in [3.63, 3.8) is 0 Å². The van der Waals surface area contributed by atoms with Crippen LogP contribution in [0, 0.1) is 17.6 Å². The first-order valence-corrected chi connectivity index (χ1v) is 7.83. The standard InChI is InChI=1S/C16H19F2N5O/c1-10(2)23-9-19-21-15(23)3-11-7-22(8-11)16(24)20-14-5-12(17)4-13(18)6-14/h4-6,9-11H,3,7-8H2,1-2H3,(H,20,24). The molecule has 2 amide bonds. The lowest BCUT2D eigenvalue weighted by Crippen LogP contribution is -2.52. The van der Waals surface area contributed by atoms with E-state index in [1.807, 2.05) is 4.57 Å². The molecule has 1 aromatic carbocycles. The lowest BCUT2D eigenvalue weighted by molar-refractivity contribution is 0.129. The van der Waals surface area contributed by atoms with E-state index in [1.165, 1.54) is 0 Å². The summed E-state index contributed by atoms with van der Waals surface area (Å²) >= 11 is 0. The fourth-order valence-corrected chi connectivity index (χ4v) is 2.80. The predicted octanol–water partition coefficient (Wildman–Crippen LogP) is 2.84. The lowest BCUT2D eigenvalue weighted by atomic mass is 9.96. The number of anilines is 1. The van der Waals surface area contributed by atoms with Crippen molar-refractivity contribution in [1.82, 2.24) is 19.7 Å². The maximum atomic E-state index is 13.1. The van der Waals surface area contributed by atoms with Gasteiger partial charge in [0.05, 0.1) is 0 Å². The number of nitrogens with one attached hydrogen (secondary N) is 1. The lowest BCUT2D eigenvalue weighted by Gasteiger charge is -2.39. The zero-order chi connectivity index (χ0) is 17.3. The van der Waals surface area contributed by atoms with Crippen molar-refractivity contribution in [3.05, 3.63) is 42.0 Å². The number of halogens is 2. The molecule has 1 aliphatic rings. The van der Waals surface area contributed by atoms with Gasteiger partial charge in [0, 0.05) is 43.2 Å². The number of urea groups is 1. The van der Waals surface area contributed by atoms with Crippen LogP contribution in [-0.2, 0) is 6.42 Å². The van der Waals surface area contributed by atoms with Crippen LogP contribution in [0.4, 0.5) is 19.3 Å². The van der Waals surface area contributed by atoms with E-state index in [9.17, 15) is 13.6 Å². The third kappa shape index (κ3) is 3.52. The molecule has 0 atom stereocenters. The minimum Gasteiger partial charge on any atom is -0.324 e. The molecule has 1 aliphatic heterocycles. The highest BCUT2D eigenvalue weighted by Crippen LogP contribution is 2.22. The van der Waals surface area contributed by atoms with E-state index >= 15 is 0 Å². The van der Waals surface area contributed by atoms with Crippen LogP contribution in [0.25, 0.3) is 0 Å². The van der Waals surface area contributed by atoms with E-state index < -0.39 is 11.6 Å². The molecule has 8 heteroatoms. The minimum absolute atomic E-state index is 0.112. The van der Waals surface area contributed by atoms with Gasteiger partial charge in [0.2, 0.25) is 0 Å². The van der Waals surface area contributed by atoms with Crippen LogP contribution in [0.1, 0.15) is 25.7 Å². The molecular formula is C16H19F2N5O. The number of carbonyl (C=O) groups is 1. The van der Waals surface area contributed by atoms with Crippen LogP contribution >= 0.6 is 0 Å². The second-order valence-corrected chi connectivity index (χ2v) is 6.31. The number of amides is 2. The van der Waals surface area contributed by atoms with Gasteiger partial charge in [-0.1, -0.05) is 0 Å². The molecule has 0 bridgehead atoms. The Bertz CT molecular complexity index is 720. The van der Waals surface area contributed by atoms with Gasteiger partial charge in [0.25, 0.3) is 0 Å². The van der Waals surface area contributed by atoms with Crippen molar-refractivity contribution in [1.29, 1.82) is 0 Å². The molecule has 1 fully saturated rings. The molecule has 0 radical (unpaired) electrons. The van der Waals surface area contributed by atoms with Gasteiger partial charge in [0.15, 0.2) is 0 Å². The largest absolute Gasteiger partial charge is 0.324 e. The van der Waals surface area contributed by atoms with Crippen molar-refractivity contribution in [3.8, 4) is 0 Å². The topological polar surface area (TPSA) is 63.1 Å². The third-order valence-corrected chi connectivity index (χ3v) is 4.03. The van der Waals surface area contributed by atoms with Gasteiger partial charge in [-0.2, -0.15) is 0 Å². The second kappa shape index (κ2) is 6.54. The Balaban J connectivity index is 1.52. The fraction of sp³-hybridized carbons (Fsp3) is 0.438. The molecule has 24 heavy (non-hydrogen) atoms. The number of carbonyl (C=O) groups excluding carboxylic acids is 1. The summed E-state index contributed by atoms with van der Waals surface area (Å²) in [6.07, 6.45) is 2.46. The van der Waals surface area contributed by atoms with Gasteiger partial charge >= 0.3 is 6.03 Å². The Morgan fingerprint density at radius 1 is 1.29 bits per heavy atom. The zero-order valence-electron chi connectivity index (χ0n) is 13.5. The van der Waals surface area contributed by atoms with Crippen LogP contribution < -0.4 is 5.32 Å². The fourth-order valence-electron chi connectivity index (χ4n) is 2.80. The average Bonchev–Trinajstić information content (AvgIpc) is 2.89.